The minimum absolute atomic E-state index is 0. The maximum absolute atomic E-state index is 11.9. The first-order valence-electron chi connectivity index (χ1n) is 6.38. The Morgan fingerprint density at radius 1 is 1.42 bits per heavy atom. The molecule has 0 aliphatic heterocycles. The van der Waals surface area contributed by atoms with E-state index in [9.17, 15) is 4.79 Å². The Labute approximate surface area is 125 Å². The average Bonchev–Trinajstić information content (AvgIpc) is 3.10. The highest BCUT2D eigenvalue weighted by atomic mass is 35.5. The summed E-state index contributed by atoms with van der Waals surface area (Å²) >= 11 is 6.00. The zero-order chi connectivity index (χ0) is 13.0. The molecular weight excluding hydrogens is 283 g/mol. The lowest BCUT2D eigenvalue weighted by molar-refractivity contribution is -0.122. The highest BCUT2D eigenvalue weighted by molar-refractivity contribution is 6.30. The summed E-state index contributed by atoms with van der Waals surface area (Å²) in [5.41, 5.74) is 0.971. The first-order valence-corrected chi connectivity index (χ1v) is 6.76. The number of rotatable bonds is 6. The Hall–Kier alpha value is -0.770. The minimum atomic E-state index is -0.151. The summed E-state index contributed by atoms with van der Waals surface area (Å²) in [5, 5.41) is 6.91. The summed E-state index contributed by atoms with van der Waals surface area (Å²) in [6.45, 7) is 0.873. The van der Waals surface area contributed by atoms with Crippen molar-refractivity contribution in [2.75, 3.05) is 13.6 Å². The molecule has 0 aromatic heterocycles. The third kappa shape index (κ3) is 4.37. The van der Waals surface area contributed by atoms with Gasteiger partial charge in [0.1, 0.15) is 0 Å². The fraction of sp³-hybridized carbons (Fsp3) is 0.500. The zero-order valence-electron chi connectivity index (χ0n) is 11.0. The van der Waals surface area contributed by atoms with E-state index in [-0.39, 0.29) is 23.9 Å². The molecule has 1 saturated carbocycles. The molecule has 0 heterocycles. The van der Waals surface area contributed by atoms with Crippen molar-refractivity contribution < 1.29 is 4.79 Å². The molecule has 1 aromatic carbocycles. The monoisotopic (exact) mass is 302 g/mol. The third-order valence-corrected chi connectivity index (χ3v) is 3.57. The molecule has 19 heavy (non-hydrogen) atoms. The molecule has 1 fully saturated rings. The number of hydrogen-bond donors (Lipinski definition) is 2. The standard InChI is InChI=1S/C14H19ClN2O.ClH/c1-16-9-3-6-13(18)17-14(7-8-14)11-4-2-5-12(15)10-11;/h2,4-5,10,16H,3,6-9H2,1H3,(H,17,18);1H. The number of benzene rings is 1. The number of amides is 1. The summed E-state index contributed by atoms with van der Waals surface area (Å²) < 4.78 is 0. The predicted octanol–water partition coefficient (Wildman–Crippen LogP) is 2.87. The van der Waals surface area contributed by atoms with Gasteiger partial charge in [-0.2, -0.15) is 0 Å². The summed E-state index contributed by atoms with van der Waals surface area (Å²) in [6, 6.07) is 7.77. The van der Waals surface area contributed by atoms with Crippen LogP contribution < -0.4 is 10.6 Å². The van der Waals surface area contributed by atoms with E-state index < -0.39 is 0 Å². The van der Waals surface area contributed by atoms with Crippen LogP contribution >= 0.6 is 24.0 Å². The topological polar surface area (TPSA) is 41.1 Å². The summed E-state index contributed by atoms with van der Waals surface area (Å²) in [4.78, 5) is 11.9. The molecule has 2 N–H and O–H groups in total. The number of carbonyl (C=O) groups is 1. The molecule has 0 bridgehead atoms. The molecule has 1 aliphatic carbocycles. The quantitative estimate of drug-likeness (QED) is 0.793. The number of hydrogen-bond acceptors (Lipinski definition) is 2. The Morgan fingerprint density at radius 2 is 2.16 bits per heavy atom. The Morgan fingerprint density at radius 3 is 2.74 bits per heavy atom. The molecule has 0 spiro atoms. The zero-order valence-corrected chi connectivity index (χ0v) is 12.6. The molecule has 0 unspecified atom stereocenters. The second-order valence-electron chi connectivity index (χ2n) is 4.85. The number of carbonyl (C=O) groups excluding carboxylic acids is 1. The normalized spacial score (nSPS) is 15.5. The van der Waals surface area contributed by atoms with E-state index in [1.165, 1.54) is 0 Å². The lowest BCUT2D eigenvalue weighted by Gasteiger charge is -2.18. The molecular formula is C14H20Cl2N2O. The van der Waals surface area contributed by atoms with Crippen molar-refractivity contribution in [1.82, 2.24) is 10.6 Å². The molecule has 5 heteroatoms. The van der Waals surface area contributed by atoms with Crippen LogP contribution in [0.25, 0.3) is 0 Å². The summed E-state index contributed by atoms with van der Waals surface area (Å²) in [6.07, 6.45) is 3.45. The average molecular weight is 303 g/mol. The van der Waals surface area contributed by atoms with Crippen LogP contribution in [0.4, 0.5) is 0 Å². The van der Waals surface area contributed by atoms with E-state index in [1.807, 2.05) is 31.3 Å². The lowest BCUT2D eigenvalue weighted by atomic mass is 10.0. The van der Waals surface area contributed by atoms with Crippen molar-refractivity contribution in [1.29, 1.82) is 0 Å². The fourth-order valence-corrected chi connectivity index (χ4v) is 2.34. The molecule has 2 rings (SSSR count). The Balaban J connectivity index is 0.00000180. The van der Waals surface area contributed by atoms with Gasteiger partial charge in [-0.05, 0) is 50.6 Å². The molecule has 3 nitrogen and oxygen atoms in total. The van der Waals surface area contributed by atoms with Gasteiger partial charge in [0.15, 0.2) is 0 Å². The molecule has 1 aliphatic rings. The van der Waals surface area contributed by atoms with Crippen LogP contribution in [0.2, 0.25) is 5.02 Å². The van der Waals surface area contributed by atoms with Crippen LogP contribution in [-0.4, -0.2) is 19.5 Å². The molecule has 0 atom stereocenters. The minimum Gasteiger partial charge on any atom is -0.347 e. The van der Waals surface area contributed by atoms with Crippen molar-refractivity contribution in [3.63, 3.8) is 0 Å². The van der Waals surface area contributed by atoms with Crippen molar-refractivity contribution in [3.8, 4) is 0 Å². The van der Waals surface area contributed by atoms with E-state index in [0.717, 1.165) is 36.4 Å². The van der Waals surface area contributed by atoms with E-state index in [2.05, 4.69) is 10.6 Å². The van der Waals surface area contributed by atoms with Gasteiger partial charge in [-0.25, -0.2) is 0 Å². The Bertz CT molecular complexity index is 433. The van der Waals surface area contributed by atoms with Crippen molar-refractivity contribution in [3.05, 3.63) is 34.9 Å². The predicted molar refractivity (Wildman–Crippen MR) is 80.9 cm³/mol. The highest BCUT2D eigenvalue weighted by Crippen LogP contribution is 2.46. The largest absolute Gasteiger partial charge is 0.347 e. The van der Waals surface area contributed by atoms with Gasteiger partial charge >= 0.3 is 0 Å². The van der Waals surface area contributed by atoms with Gasteiger partial charge in [0.25, 0.3) is 0 Å². The van der Waals surface area contributed by atoms with E-state index in [1.54, 1.807) is 0 Å². The fourth-order valence-electron chi connectivity index (χ4n) is 2.15. The van der Waals surface area contributed by atoms with E-state index in [0.29, 0.717) is 6.42 Å². The van der Waals surface area contributed by atoms with Crippen LogP contribution in [-0.2, 0) is 10.3 Å². The highest BCUT2D eigenvalue weighted by Gasteiger charge is 2.45. The van der Waals surface area contributed by atoms with Crippen LogP contribution in [0.1, 0.15) is 31.2 Å². The van der Waals surface area contributed by atoms with Gasteiger partial charge in [0.05, 0.1) is 5.54 Å². The first kappa shape index (κ1) is 16.3. The molecule has 1 aromatic rings. The van der Waals surface area contributed by atoms with Crippen LogP contribution in [0, 0.1) is 0 Å². The van der Waals surface area contributed by atoms with Gasteiger partial charge in [-0.1, -0.05) is 23.7 Å². The molecule has 0 saturated heterocycles. The van der Waals surface area contributed by atoms with Gasteiger partial charge in [0.2, 0.25) is 5.91 Å². The molecule has 1 amide bonds. The molecule has 0 radical (unpaired) electrons. The summed E-state index contributed by atoms with van der Waals surface area (Å²) in [5.74, 6) is 0.128. The van der Waals surface area contributed by atoms with Gasteiger partial charge in [0, 0.05) is 11.4 Å². The van der Waals surface area contributed by atoms with Gasteiger partial charge in [-0.15, -0.1) is 12.4 Å². The second-order valence-corrected chi connectivity index (χ2v) is 5.28. The lowest BCUT2D eigenvalue weighted by Crippen LogP contribution is -2.35. The number of nitrogens with one attached hydrogen (secondary N) is 2. The van der Waals surface area contributed by atoms with Crippen molar-refractivity contribution >= 4 is 29.9 Å². The van der Waals surface area contributed by atoms with Crippen LogP contribution in [0.3, 0.4) is 0 Å². The SMILES string of the molecule is CNCCCC(=O)NC1(c2cccc(Cl)c2)CC1.Cl. The van der Waals surface area contributed by atoms with Crippen molar-refractivity contribution in [2.45, 2.75) is 31.2 Å². The third-order valence-electron chi connectivity index (χ3n) is 3.34. The van der Waals surface area contributed by atoms with Crippen molar-refractivity contribution in [2.24, 2.45) is 0 Å². The van der Waals surface area contributed by atoms with Crippen LogP contribution in [0.15, 0.2) is 24.3 Å². The van der Waals surface area contributed by atoms with Crippen LogP contribution in [0.5, 0.6) is 0 Å². The summed E-state index contributed by atoms with van der Waals surface area (Å²) in [7, 11) is 1.90. The smallest absolute Gasteiger partial charge is 0.220 e. The van der Waals surface area contributed by atoms with E-state index in [4.69, 9.17) is 11.6 Å². The maximum atomic E-state index is 11.9. The maximum Gasteiger partial charge on any atom is 0.220 e. The van der Waals surface area contributed by atoms with E-state index >= 15 is 0 Å². The second kappa shape index (κ2) is 7.13. The molecule has 106 valence electrons. The number of halogens is 2. The van der Waals surface area contributed by atoms with Gasteiger partial charge in [-0.3, -0.25) is 4.79 Å². The Kier molecular flexibility index (Phi) is 6.11. The van der Waals surface area contributed by atoms with Gasteiger partial charge < -0.3 is 10.6 Å². The first-order chi connectivity index (χ1) is 8.66.